The largest absolute Gasteiger partial charge is 0.355 e. The molecule has 8 heteroatoms. The van der Waals surface area contributed by atoms with Crippen molar-refractivity contribution in [2.75, 3.05) is 24.2 Å². The zero-order valence-corrected chi connectivity index (χ0v) is 14.7. The van der Waals surface area contributed by atoms with Crippen molar-refractivity contribution in [3.63, 3.8) is 0 Å². The molecular weight excluding hydrogens is 326 g/mol. The average molecular weight is 349 g/mol. The van der Waals surface area contributed by atoms with Crippen LogP contribution < -0.4 is 4.90 Å². The Bertz CT molecular complexity index is 709. The van der Waals surface area contributed by atoms with E-state index in [0.717, 1.165) is 57.4 Å². The molecule has 24 heavy (non-hydrogen) atoms. The Morgan fingerprint density at radius 3 is 2.38 bits per heavy atom. The standard InChI is InChI=1S/C16H23N5O2S/c1-24(22,23)21(14-4-2-5-14)15-6-3-8-20(9-7-15)16-12-18-13(10-17)11-19-16/h11-12,14-15H,2-9H2,1H3/t15-/m1/s1. The van der Waals surface area contributed by atoms with Gasteiger partial charge in [0.2, 0.25) is 10.0 Å². The second-order valence-corrected chi connectivity index (χ2v) is 8.51. The van der Waals surface area contributed by atoms with Gasteiger partial charge in [-0.05, 0) is 32.1 Å². The van der Waals surface area contributed by atoms with E-state index in [1.807, 2.05) is 6.07 Å². The van der Waals surface area contributed by atoms with E-state index in [1.165, 1.54) is 12.5 Å². The average Bonchev–Trinajstić information content (AvgIpc) is 2.75. The van der Waals surface area contributed by atoms with Crippen molar-refractivity contribution >= 4 is 15.8 Å². The molecule has 1 saturated carbocycles. The lowest BCUT2D eigenvalue weighted by Gasteiger charge is -2.40. The molecule has 0 radical (unpaired) electrons. The van der Waals surface area contributed by atoms with Crippen LogP contribution in [0.15, 0.2) is 12.4 Å². The molecule has 3 rings (SSSR count). The van der Waals surface area contributed by atoms with Gasteiger partial charge in [0.1, 0.15) is 11.9 Å². The van der Waals surface area contributed by atoms with Crippen LogP contribution in [0.1, 0.15) is 44.2 Å². The molecule has 2 fully saturated rings. The fourth-order valence-corrected chi connectivity index (χ4v) is 5.09. The molecule has 1 aliphatic carbocycles. The van der Waals surface area contributed by atoms with Gasteiger partial charge in [-0.15, -0.1) is 0 Å². The molecule has 0 aromatic carbocycles. The molecule has 2 aliphatic rings. The first-order valence-electron chi connectivity index (χ1n) is 8.44. The van der Waals surface area contributed by atoms with Crippen LogP contribution in [0.25, 0.3) is 0 Å². The smallest absolute Gasteiger partial charge is 0.211 e. The van der Waals surface area contributed by atoms with Crippen LogP contribution in [0.4, 0.5) is 5.82 Å². The minimum atomic E-state index is -3.18. The predicted molar refractivity (Wildman–Crippen MR) is 90.9 cm³/mol. The van der Waals surface area contributed by atoms with E-state index in [1.54, 1.807) is 10.5 Å². The number of rotatable bonds is 4. The number of hydrogen-bond donors (Lipinski definition) is 0. The summed E-state index contributed by atoms with van der Waals surface area (Å²) >= 11 is 0. The SMILES string of the molecule is CS(=O)(=O)N(C1CCC1)[C@@H]1CCCN(c2cnc(C#N)cn2)CC1. The third-order valence-corrected chi connectivity index (χ3v) is 6.31. The molecule has 2 heterocycles. The van der Waals surface area contributed by atoms with Gasteiger partial charge in [0, 0.05) is 25.2 Å². The summed E-state index contributed by atoms with van der Waals surface area (Å²) in [5, 5.41) is 8.81. The van der Waals surface area contributed by atoms with Crippen LogP contribution in [-0.2, 0) is 10.0 Å². The summed E-state index contributed by atoms with van der Waals surface area (Å²) in [6.45, 7) is 1.59. The first-order valence-corrected chi connectivity index (χ1v) is 10.3. The number of sulfonamides is 1. The maximum atomic E-state index is 12.3. The van der Waals surface area contributed by atoms with Gasteiger partial charge in [0.05, 0.1) is 18.6 Å². The third kappa shape index (κ3) is 3.68. The summed E-state index contributed by atoms with van der Waals surface area (Å²) in [6.07, 6.45) is 10.1. The Balaban J connectivity index is 1.70. The van der Waals surface area contributed by atoms with Gasteiger partial charge in [-0.3, -0.25) is 0 Å². The number of anilines is 1. The lowest BCUT2D eigenvalue weighted by Crippen LogP contribution is -2.49. The predicted octanol–water partition coefficient (Wildman–Crippen LogP) is 1.52. The molecule has 1 aromatic rings. The second-order valence-electron chi connectivity index (χ2n) is 6.62. The number of nitriles is 1. The maximum absolute atomic E-state index is 12.3. The Kier molecular flexibility index (Phi) is 5.01. The third-order valence-electron chi connectivity index (χ3n) is 4.95. The van der Waals surface area contributed by atoms with Gasteiger partial charge in [-0.2, -0.15) is 9.57 Å². The van der Waals surface area contributed by atoms with Crippen LogP contribution in [-0.4, -0.2) is 54.1 Å². The zero-order valence-electron chi connectivity index (χ0n) is 13.9. The van der Waals surface area contributed by atoms with Gasteiger partial charge >= 0.3 is 0 Å². The first kappa shape index (κ1) is 17.1. The molecule has 0 spiro atoms. The van der Waals surface area contributed by atoms with Gasteiger partial charge in [0.15, 0.2) is 5.69 Å². The van der Waals surface area contributed by atoms with Crippen molar-refractivity contribution < 1.29 is 8.42 Å². The van der Waals surface area contributed by atoms with Crippen molar-refractivity contribution in [2.24, 2.45) is 0 Å². The highest BCUT2D eigenvalue weighted by molar-refractivity contribution is 7.88. The summed E-state index contributed by atoms with van der Waals surface area (Å²) in [5.74, 6) is 0.754. The second kappa shape index (κ2) is 7.03. The van der Waals surface area contributed by atoms with Crippen LogP contribution in [0, 0.1) is 11.3 Å². The molecule has 1 atom stereocenters. The quantitative estimate of drug-likeness (QED) is 0.819. The summed E-state index contributed by atoms with van der Waals surface area (Å²) in [5.41, 5.74) is 0.305. The van der Waals surface area contributed by atoms with Crippen molar-refractivity contribution in [2.45, 2.75) is 50.6 Å². The first-order chi connectivity index (χ1) is 11.5. The summed E-state index contributed by atoms with van der Waals surface area (Å²) in [7, 11) is -3.18. The zero-order chi connectivity index (χ0) is 17.2. The van der Waals surface area contributed by atoms with Crippen LogP contribution in [0.2, 0.25) is 0 Å². The van der Waals surface area contributed by atoms with E-state index >= 15 is 0 Å². The van der Waals surface area contributed by atoms with Crippen molar-refractivity contribution in [3.05, 3.63) is 18.1 Å². The van der Waals surface area contributed by atoms with Crippen molar-refractivity contribution in [3.8, 4) is 6.07 Å². The van der Waals surface area contributed by atoms with E-state index in [0.29, 0.717) is 5.69 Å². The molecule has 130 valence electrons. The van der Waals surface area contributed by atoms with Crippen LogP contribution in [0.5, 0.6) is 0 Å². The molecule has 1 aliphatic heterocycles. The Hall–Kier alpha value is -1.72. The number of aromatic nitrogens is 2. The Morgan fingerprint density at radius 2 is 1.83 bits per heavy atom. The lowest BCUT2D eigenvalue weighted by molar-refractivity contribution is 0.164. The fraction of sp³-hybridized carbons (Fsp3) is 0.688. The molecule has 1 aromatic heterocycles. The summed E-state index contributed by atoms with van der Waals surface area (Å²) in [4.78, 5) is 10.5. The maximum Gasteiger partial charge on any atom is 0.211 e. The molecule has 0 bridgehead atoms. The summed E-state index contributed by atoms with van der Waals surface area (Å²) in [6, 6.07) is 2.23. The Labute approximate surface area is 143 Å². The van der Waals surface area contributed by atoms with Crippen LogP contribution >= 0.6 is 0 Å². The molecule has 0 N–H and O–H groups in total. The van der Waals surface area contributed by atoms with Gasteiger partial charge in [-0.25, -0.2) is 18.4 Å². The van der Waals surface area contributed by atoms with Gasteiger partial charge in [-0.1, -0.05) is 6.42 Å². The highest BCUT2D eigenvalue weighted by Crippen LogP contribution is 2.32. The normalized spacial score (nSPS) is 22.7. The van der Waals surface area contributed by atoms with Crippen molar-refractivity contribution in [1.29, 1.82) is 5.26 Å². The summed E-state index contributed by atoms with van der Waals surface area (Å²) < 4.78 is 26.3. The van der Waals surface area contributed by atoms with Crippen LogP contribution in [0.3, 0.4) is 0 Å². The minimum absolute atomic E-state index is 0.0710. The topological polar surface area (TPSA) is 90.2 Å². The molecule has 0 unspecified atom stereocenters. The molecule has 1 saturated heterocycles. The van der Waals surface area contributed by atoms with Gasteiger partial charge < -0.3 is 4.90 Å². The molecule has 0 amide bonds. The monoisotopic (exact) mass is 349 g/mol. The fourth-order valence-electron chi connectivity index (χ4n) is 3.59. The minimum Gasteiger partial charge on any atom is -0.355 e. The van der Waals surface area contributed by atoms with Gasteiger partial charge in [0.25, 0.3) is 0 Å². The number of hydrogen-bond acceptors (Lipinski definition) is 6. The van der Waals surface area contributed by atoms with E-state index in [-0.39, 0.29) is 12.1 Å². The van der Waals surface area contributed by atoms with E-state index in [9.17, 15) is 8.42 Å². The highest BCUT2D eigenvalue weighted by Gasteiger charge is 2.37. The Morgan fingerprint density at radius 1 is 1.12 bits per heavy atom. The number of nitrogens with zero attached hydrogens (tertiary/aromatic N) is 5. The van der Waals surface area contributed by atoms with E-state index in [4.69, 9.17) is 5.26 Å². The van der Waals surface area contributed by atoms with E-state index < -0.39 is 10.0 Å². The van der Waals surface area contributed by atoms with Crippen molar-refractivity contribution in [1.82, 2.24) is 14.3 Å². The lowest BCUT2D eigenvalue weighted by atomic mass is 9.91. The van der Waals surface area contributed by atoms with E-state index in [2.05, 4.69) is 14.9 Å². The molecule has 7 nitrogen and oxygen atoms in total. The highest BCUT2D eigenvalue weighted by atomic mass is 32.2. The molecular formula is C16H23N5O2S.